The Balaban J connectivity index is 1.71. The third kappa shape index (κ3) is 4.09. The molecule has 4 rings (SSSR count). The molecule has 1 aromatic carbocycles. The predicted octanol–water partition coefficient (Wildman–Crippen LogP) is 4.63. The smallest absolute Gasteiger partial charge is 0.271 e. The van der Waals surface area contributed by atoms with Crippen LogP contribution in [0.4, 0.5) is 0 Å². The zero-order chi connectivity index (χ0) is 22.9. The number of carbonyl (C=O) groups is 2. The summed E-state index contributed by atoms with van der Waals surface area (Å²) in [6.07, 6.45) is 2.50. The van der Waals surface area contributed by atoms with Gasteiger partial charge in [0.25, 0.3) is 5.91 Å². The number of nitrogens with one attached hydrogen (secondary N) is 1. The minimum Gasteiger partial charge on any atom is -0.463 e. The quantitative estimate of drug-likeness (QED) is 0.591. The summed E-state index contributed by atoms with van der Waals surface area (Å²) >= 11 is 0. The Morgan fingerprint density at radius 1 is 1.12 bits per heavy atom. The van der Waals surface area contributed by atoms with Crippen molar-refractivity contribution in [2.75, 3.05) is 6.54 Å². The molecular formula is C26H31N3O3. The summed E-state index contributed by atoms with van der Waals surface area (Å²) in [5, 5.41) is 3.08. The van der Waals surface area contributed by atoms with Gasteiger partial charge in [-0.15, -0.1) is 0 Å². The number of hydrogen-bond acceptors (Lipinski definition) is 3. The summed E-state index contributed by atoms with van der Waals surface area (Å²) < 4.78 is 7.50. The van der Waals surface area contributed by atoms with Crippen LogP contribution in [0.3, 0.4) is 0 Å². The third-order valence-electron chi connectivity index (χ3n) is 6.24. The topological polar surface area (TPSA) is 67.5 Å². The van der Waals surface area contributed by atoms with Crippen LogP contribution >= 0.6 is 0 Å². The van der Waals surface area contributed by atoms with Crippen LogP contribution in [0.5, 0.6) is 0 Å². The standard InChI is InChI=1S/C26H31N3O3/c1-18(2)13-14-27-25(31)26(4)17-28-21(23-6-5-15-32-23)11-12-22(28)24(30)29(26)16-20-9-7-19(3)8-10-20/h5-12,15,18H,13-14,16-17H2,1-4H3,(H,27,31)/t26-/m1/s1. The van der Waals surface area contributed by atoms with Crippen molar-refractivity contribution in [1.82, 2.24) is 14.8 Å². The molecule has 0 radical (unpaired) electrons. The van der Waals surface area contributed by atoms with Gasteiger partial charge in [0.1, 0.15) is 17.0 Å². The van der Waals surface area contributed by atoms with Crippen LogP contribution in [0.25, 0.3) is 11.5 Å². The molecular weight excluding hydrogens is 402 g/mol. The maximum Gasteiger partial charge on any atom is 0.271 e. The van der Waals surface area contributed by atoms with E-state index in [0.29, 0.717) is 37.0 Å². The summed E-state index contributed by atoms with van der Waals surface area (Å²) in [6.45, 7) is 9.46. The lowest BCUT2D eigenvalue weighted by Crippen LogP contribution is -2.63. The van der Waals surface area contributed by atoms with E-state index in [1.807, 2.05) is 66.9 Å². The van der Waals surface area contributed by atoms with E-state index >= 15 is 0 Å². The molecule has 6 nitrogen and oxygen atoms in total. The number of aryl methyl sites for hydroxylation is 1. The monoisotopic (exact) mass is 433 g/mol. The minimum atomic E-state index is -1.04. The largest absolute Gasteiger partial charge is 0.463 e. The van der Waals surface area contributed by atoms with Crippen LogP contribution in [-0.2, 0) is 17.9 Å². The van der Waals surface area contributed by atoms with Gasteiger partial charge in [0.2, 0.25) is 5.91 Å². The number of aromatic nitrogens is 1. The second-order valence-electron chi connectivity index (χ2n) is 9.26. The molecule has 0 saturated heterocycles. The maximum atomic E-state index is 13.7. The number of fused-ring (bicyclic) bond motifs is 1. The summed E-state index contributed by atoms with van der Waals surface area (Å²) in [4.78, 5) is 28.9. The minimum absolute atomic E-state index is 0.136. The van der Waals surface area contributed by atoms with Gasteiger partial charge in [-0.1, -0.05) is 43.7 Å². The van der Waals surface area contributed by atoms with Gasteiger partial charge in [-0.2, -0.15) is 0 Å². The number of furan rings is 1. The highest BCUT2D eigenvalue weighted by Gasteiger charge is 2.47. The number of nitrogens with zero attached hydrogens (tertiary/aromatic N) is 2. The second kappa shape index (κ2) is 8.69. The molecule has 0 fully saturated rings. The third-order valence-corrected chi connectivity index (χ3v) is 6.24. The normalized spacial score (nSPS) is 18.2. The van der Waals surface area contributed by atoms with E-state index in [-0.39, 0.29) is 11.8 Å². The SMILES string of the molecule is Cc1ccc(CN2C(=O)c3ccc(-c4ccco4)n3C[C@]2(C)C(=O)NCCC(C)C)cc1. The van der Waals surface area contributed by atoms with E-state index in [1.54, 1.807) is 11.2 Å². The summed E-state index contributed by atoms with van der Waals surface area (Å²) in [5.41, 5.74) is 2.48. The van der Waals surface area contributed by atoms with Crippen molar-refractivity contribution < 1.29 is 14.0 Å². The lowest BCUT2D eigenvalue weighted by molar-refractivity contribution is -0.133. The van der Waals surface area contributed by atoms with E-state index in [1.165, 1.54) is 0 Å². The molecule has 2 amide bonds. The van der Waals surface area contributed by atoms with Gasteiger partial charge in [-0.05, 0) is 56.0 Å². The van der Waals surface area contributed by atoms with Crippen LogP contribution in [0.15, 0.2) is 59.2 Å². The van der Waals surface area contributed by atoms with Gasteiger partial charge in [0.15, 0.2) is 0 Å². The van der Waals surface area contributed by atoms with Crippen LogP contribution in [-0.4, -0.2) is 33.4 Å². The first-order valence-corrected chi connectivity index (χ1v) is 11.2. The zero-order valence-electron chi connectivity index (χ0n) is 19.2. The molecule has 0 aliphatic carbocycles. The number of rotatable bonds is 7. The van der Waals surface area contributed by atoms with E-state index in [4.69, 9.17) is 4.42 Å². The predicted molar refractivity (Wildman–Crippen MR) is 124 cm³/mol. The number of carbonyl (C=O) groups excluding carboxylic acids is 2. The number of hydrogen-bond donors (Lipinski definition) is 1. The van der Waals surface area contributed by atoms with Crippen molar-refractivity contribution in [3.05, 3.63) is 71.6 Å². The van der Waals surface area contributed by atoms with E-state index in [2.05, 4.69) is 19.2 Å². The fourth-order valence-corrected chi connectivity index (χ4v) is 4.20. The Kier molecular flexibility index (Phi) is 5.96. The van der Waals surface area contributed by atoms with Crippen LogP contribution in [0.2, 0.25) is 0 Å². The van der Waals surface area contributed by atoms with Gasteiger partial charge in [0, 0.05) is 13.1 Å². The molecule has 1 aliphatic heterocycles. The lowest BCUT2D eigenvalue weighted by Gasteiger charge is -2.44. The van der Waals surface area contributed by atoms with Crippen molar-refractivity contribution in [2.45, 2.75) is 52.7 Å². The fourth-order valence-electron chi connectivity index (χ4n) is 4.20. The molecule has 1 aliphatic rings. The average molecular weight is 434 g/mol. The van der Waals surface area contributed by atoms with Crippen LogP contribution in [0.1, 0.15) is 48.8 Å². The Labute approximate surface area is 189 Å². The fraction of sp³-hybridized carbons (Fsp3) is 0.385. The molecule has 0 saturated carbocycles. The Morgan fingerprint density at radius 3 is 2.50 bits per heavy atom. The number of benzene rings is 1. The zero-order valence-corrected chi connectivity index (χ0v) is 19.2. The molecule has 1 atom stereocenters. The van der Waals surface area contributed by atoms with E-state index in [9.17, 15) is 9.59 Å². The molecule has 0 bridgehead atoms. The molecule has 32 heavy (non-hydrogen) atoms. The summed E-state index contributed by atoms with van der Waals surface area (Å²) in [6, 6.07) is 15.5. The summed E-state index contributed by atoms with van der Waals surface area (Å²) in [7, 11) is 0. The highest BCUT2D eigenvalue weighted by molar-refractivity contribution is 6.00. The first-order chi connectivity index (χ1) is 15.3. The highest BCUT2D eigenvalue weighted by Crippen LogP contribution is 2.34. The average Bonchev–Trinajstić information content (AvgIpc) is 3.41. The van der Waals surface area contributed by atoms with E-state index in [0.717, 1.165) is 23.2 Å². The molecule has 2 aromatic heterocycles. The molecule has 3 heterocycles. The van der Waals surface area contributed by atoms with Crippen molar-refractivity contribution in [3.63, 3.8) is 0 Å². The molecule has 0 spiro atoms. The molecule has 168 valence electrons. The van der Waals surface area contributed by atoms with Gasteiger partial charge < -0.3 is 19.2 Å². The first-order valence-electron chi connectivity index (χ1n) is 11.2. The Bertz CT molecular complexity index is 1100. The van der Waals surface area contributed by atoms with Crippen LogP contribution < -0.4 is 5.32 Å². The van der Waals surface area contributed by atoms with Crippen molar-refractivity contribution >= 4 is 11.8 Å². The van der Waals surface area contributed by atoms with Crippen LogP contribution in [0, 0.1) is 12.8 Å². The molecule has 3 aromatic rings. The molecule has 0 unspecified atom stereocenters. The van der Waals surface area contributed by atoms with Gasteiger partial charge in [0.05, 0.1) is 18.5 Å². The highest BCUT2D eigenvalue weighted by atomic mass is 16.3. The number of amides is 2. The van der Waals surface area contributed by atoms with Crippen molar-refractivity contribution in [1.29, 1.82) is 0 Å². The lowest BCUT2D eigenvalue weighted by atomic mass is 9.93. The van der Waals surface area contributed by atoms with Crippen molar-refractivity contribution in [2.24, 2.45) is 5.92 Å². The van der Waals surface area contributed by atoms with E-state index < -0.39 is 5.54 Å². The first kappa shape index (κ1) is 21.9. The van der Waals surface area contributed by atoms with Gasteiger partial charge >= 0.3 is 0 Å². The molecule has 6 heteroatoms. The Hall–Kier alpha value is -3.28. The Morgan fingerprint density at radius 2 is 1.84 bits per heavy atom. The van der Waals surface area contributed by atoms with Crippen molar-refractivity contribution in [3.8, 4) is 11.5 Å². The van der Waals surface area contributed by atoms with Gasteiger partial charge in [-0.25, -0.2) is 0 Å². The second-order valence-corrected chi connectivity index (χ2v) is 9.26. The maximum absolute atomic E-state index is 13.7. The molecule has 1 N–H and O–H groups in total. The van der Waals surface area contributed by atoms with Gasteiger partial charge in [-0.3, -0.25) is 9.59 Å². The summed E-state index contributed by atoms with van der Waals surface area (Å²) in [5.74, 6) is 0.874.